The van der Waals surface area contributed by atoms with Crippen LogP contribution in [0.15, 0.2) is 57.8 Å². The van der Waals surface area contributed by atoms with Gasteiger partial charge in [-0.1, -0.05) is 24.6 Å². The molecule has 0 unspecified atom stereocenters. The fraction of sp³-hybridized carbons (Fsp3) is 0.304. The molecule has 28 heavy (non-hydrogen) atoms. The van der Waals surface area contributed by atoms with Gasteiger partial charge in [-0.2, -0.15) is 0 Å². The van der Waals surface area contributed by atoms with E-state index in [0.29, 0.717) is 11.5 Å². The Balaban J connectivity index is 1.68. The number of nitrogens with zero attached hydrogens (tertiary/aromatic N) is 1. The normalized spacial score (nSPS) is 12.0. The Labute approximate surface area is 170 Å². The molecule has 0 aliphatic carbocycles. The fourth-order valence-corrected chi connectivity index (χ4v) is 3.54. The SMILES string of the molecule is CC[C@@H](C)NC(=O)c1ccc(-c2nc(CSc3ccc(C)cc3)c(C)o2)cc1. The molecule has 0 saturated heterocycles. The van der Waals surface area contributed by atoms with E-state index in [1.807, 2.05) is 45.0 Å². The maximum absolute atomic E-state index is 12.2. The van der Waals surface area contributed by atoms with E-state index in [4.69, 9.17) is 4.42 Å². The summed E-state index contributed by atoms with van der Waals surface area (Å²) in [7, 11) is 0. The van der Waals surface area contributed by atoms with Crippen molar-refractivity contribution in [2.75, 3.05) is 0 Å². The minimum Gasteiger partial charge on any atom is -0.441 e. The number of oxazole rings is 1. The lowest BCUT2D eigenvalue weighted by molar-refractivity contribution is 0.0939. The number of benzene rings is 2. The van der Waals surface area contributed by atoms with Crippen molar-refractivity contribution in [1.29, 1.82) is 0 Å². The average Bonchev–Trinajstić information content (AvgIpc) is 3.08. The van der Waals surface area contributed by atoms with E-state index in [-0.39, 0.29) is 11.9 Å². The van der Waals surface area contributed by atoms with Gasteiger partial charge in [0.25, 0.3) is 5.91 Å². The molecule has 1 N–H and O–H groups in total. The number of nitrogens with one attached hydrogen (secondary N) is 1. The molecule has 0 bridgehead atoms. The van der Waals surface area contributed by atoms with Crippen LogP contribution in [0.3, 0.4) is 0 Å². The molecule has 0 aliphatic heterocycles. The van der Waals surface area contributed by atoms with E-state index in [2.05, 4.69) is 41.5 Å². The lowest BCUT2D eigenvalue weighted by atomic mass is 10.1. The van der Waals surface area contributed by atoms with Crippen molar-refractivity contribution in [3.05, 3.63) is 71.1 Å². The summed E-state index contributed by atoms with van der Waals surface area (Å²) in [6, 6.07) is 16.0. The van der Waals surface area contributed by atoms with Crippen LogP contribution in [0.4, 0.5) is 0 Å². The molecule has 2 aromatic carbocycles. The van der Waals surface area contributed by atoms with E-state index in [1.54, 1.807) is 11.8 Å². The molecule has 1 aromatic heterocycles. The van der Waals surface area contributed by atoms with Crippen molar-refractivity contribution in [3.8, 4) is 11.5 Å². The first-order valence-electron chi connectivity index (χ1n) is 9.53. The first-order valence-corrected chi connectivity index (χ1v) is 10.5. The molecule has 0 fully saturated rings. The summed E-state index contributed by atoms with van der Waals surface area (Å²) in [5, 5.41) is 2.97. The van der Waals surface area contributed by atoms with E-state index in [9.17, 15) is 4.79 Å². The largest absolute Gasteiger partial charge is 0.441 e. The van der Waals surface area contributed by atoms with Gasteiger partial charge in [-0.25, -0.2) is 4.98 Å². The highest BCUT2D eigenvalue weighted by Gasteiger charge is 2.13. The van der Waals surface area contributed by atoms with Gasteiger partial charge < -0.3 is 9.73 Å². The molecule has 1 amide bonds. The second kappa shape index (κ2) is 9.11. The van der Waals surface area contributed by atoms with Crippen LogP contribution in [-0.2, 0) is 5.75 Å². The van der Waals surface area contributed by atoms with Crippen LogP contribution < -0.4 is 5.32 Å². The molecular formula is C23H26N2O2S. The van der Waals surface area contributed by atoms with Gasteiger partial charge in [0.1, 0.15) is 5.76 Å². The summed E-state index contributed by atoms with van der Waals surface area (Å²) in [6.45, 7) is 8.07. The summed E-state index contributed by atoms with van der Waals surface area (Å²) in [5.41, 5.74) is 3.71. The highest BCUT2D eigenvalue weighted by atomic mass is 32.2. The van der Waals surface area contributed by atoms with Crippen molar-refractivity contribution >= 4 is 17.7 Å². The molecule has 0 aliphatic rings. The highest BCUT2D eigenvalue weighted by Crippen LogP contribution is 2.28. The summed E-state index contributed by atoms with van der Waals surface area (Å²) >= 11 is 1.74. The van der Waals surface area contributed by atoms with Crippen LogP contribution in [0.1, 0.15) is 47.6 Å². The Morgan fingerprint density at radius 1 is 1.11 bits per heavy atom. The smallest absolute Gasteiger partial charge is 0.251 e. The zero-order valence-electron chi connectivity index (χ0n) is 16.8. The Bertz CT molecular complexity index is 930. The third kappa shape index (κ3) is 5.04. The molecule has 0 spiro atoms. The standard InChI is InChI=1S/C23H26N2O2S/c1-5-16(3)24-22(26)18-8-10-19(11-9-18)23-25-21(17(4)27-23)14-28-20-12-6-15(2)7-13-20/h6-13,16H,5,14H2,1-4H3,(H,24,26)/t16-/m1/s1. The molecule has 0 saturated carbocycles. The molecule has 0 radical (unpaired) electrons. The molecule has 1 heterocycles. The number of aryl methyl sites for hydroxylation is 2. The number of hydrogen-bond acceptors (Lipinski definition) is 4. The number of amides is 1. The number of rotatable bonds is 7. The van der Waals surface area contributed by atoms with E-state index < -0.39 is 0 Å². The lowest BCUT2D eigenvalue weighted by Gasteiger charge is -2.11. The molecular weight excluding hydrogens is 368 g/mol. The van der Waals surface area contributed by atoms with Gasteiger partial charge in [0.15, 0.2) is 0 Å². The number of hydrogen-bond donors (Lipinski definition) is 1. The topological polar surface area (TPSA) is 55.1 Å². The van der Waals surface area contributed by atoms with Gasteiger partial charge in [-0.3, -0.25) is 4.79 Å². The minimum atomic E-state index is -0.0559. The molecule has 3 rings (SSSR count). The van der Waals surface area contributed by atoms with Crippen molar-refractivity contribution in [2.24, 2.45) is 0 Å². The maximum atomic E-state index is 12.2. The van der Waals surface area contributed by atoms with E-state index in [0.717, 1.165) is 29.2 Å². The predicted molar refractivity (Wildman–Crippen MR) is 115 cm³/mol. The predicted octanol–water partition coefficient (Wildman–Crippen LogP) is 5.78. The van der Waals surface area contributed by atoms with Gasteiger partial charge >= 0.3 is 0 Å². The van der Waals surface area contributed by atoms with Crippen molar-refractivity contribution < 1.29 is 9.21 Å². The maximum Gasteiger partial charge on any atom is 0.251 e. The van der Waals surface area contributed by atoms with Crippen LogP contribution in [0.5, 0.6) is 0 Å². The Morgan fingerprint density at radius 2 is 1.79 bits per heavy atom. The summed E-state index contributed by atoms with van der Waals surface area (Å²) in [5.74, 6) is 2.12. The van der Waals surface area contributed by atoms with Gasteiger partial charge in [0.05, 0.1) is 5.69 Å². The second-order valence-corrected chi connectivity index (χ2v) is 8.03. The molecule has 5 heteroatoms. The van der Waals surface area contributed by atoms with Crippen molar-refractivity contribution in [1.82, 2.24) is 10.3 Å². The average molecular weight is 395 g/mol. The lowest BCUT2D eigenvalue weighted by Crippen LogP contribution is -2.31. The minimum absolute atomic E-state index is 0.0559. The third-order valence-corrected chi connectivity index (χ3v) is 5.70. The number of carbonyl (C=O) groups is 1. The van der Waals surface area contributed by atoms with Gasteiger partial charge in [0, 0.05) is 27.8 Å². The van der Waals surface area contributed by atoms with Crippen LogP contribution in [0.2, 0.25) is 0 Å². The summed E-state index contributed by atoms with van der Waals surface area (Å²) in [4.78, 5) is 18.1. The van der Waals surface area contributed by atoms with E-state index in [1.165, 1.54) is 10.5 Å². The molecule has 4 nitrogen and oxygen atoms in total. The monoisotopic (exact) mass is 394 g/mol. The number of carbonyl (C=O) groups excluding carboxylic acids is 1. The van der Waals surface area contributed by atoms with Gasteiger partial charge in [0.2, 0.25) is 5.89 Å². The molecule has 1 atom stereocenters. The zero-order valence-corrected chi connectivity index (χ0v) is 17.6. The fourth-order valence-electron chi connectivity index (χ4n) is 2.64. The van der Waals surface area contributed by atoms with Crippen LogP contribution >= 0.6 is 11.8 Å². The Morgan fingerprint density at radius 3 is 2.43 bits per heavy atom. The summed E-state index contributed by atoms with van der Waals surface area (Å²) < 4.78 is 5.87. The first kappa shape index (κ1) is 20.2. The van der Waals surface area contributed by atoms with Crippen LogP contribution in [0, 0.1) is 13.8 Å². The molecule has 3 aromatic rings. The van der Waals surface area contributed by atoms with E-state index >= 15 is 0 Å². The van der Waals surface area contributed by atoms with Crippen LogP contribution in [-0.4, -0.2) is 16.9 Å². The Kier molecular flexibility index (Phi) is 6.57. The van der Waals surface area contributed by atoms with Crippen molar-refractivity contribution in [3.63, 3.8) is 0 Å². The van der Waals surface area contributed by atoms with Gasteiger partial charge in [-0.15, -0.1) is 11.8 Å². The van der Waals surface area contributed by atoms with Gasteiger partial charge in [-0.05, 0) is 63.6 Å². The first-order chi connectivity index (χ1) is 13.5. The van der Waals surface area contributed by atoms with Crippen LogP contribution in [0.25, 0.3) is 11.5 Å². The number of thioether (sulfide) groups is 1. The molecule has 146 valence electrons. The third-order valence-electron chi connectivity index (χ3n) is 4.67. The highest BCUT2D eigenvalue weighted by molar-refractivity contribution is 7.98. The van der Waals surface area contributed by atoms with Crippen molar-refractivity contribution in [2.45, 2.75) is 50.8 Å². The quantitative estimate of drug-likeness (QED) is 0.516. The Hall–Kier alpha value is -2.53. The zero-order chi connectivity index (χ0) is 20.1. The second-order valence-electron chi connectivity index (χ2n) is 6.98. The summed E-state index contributed by atoms with van der Waals surface area (Å²) in [6.07, 6.45) is 0.906. The number of aromatic nitrogens is 1.